The highest BCUT2D eigenvalue weighted by Gasteiger charge is 2.22. The van der Waals surface area contributed by atoms with Gasteiger partial charge in [0.05, 0.1) is 13.3 Å². The van der Waals surface area contributed by atoms with Crippen molar-refractivity contribution in [3.8, 4) is 11.4 Å². The Labute approximate surface area is 160 Å². The van der Waals surface area contributed by atoms with E-state index >= 15 is 0 Å². The lowest BCUT2D eigenvalue weighted by atomic mass is 10.1. The maximum atomic E-state index is 12.5. The average Bonchev–Trinajstić information content (AvgIpc) is 2.74. The SMILES string of the molecule is CCN(COC)CC(=O)N1CCN(c2ccc(-c3ncccn3)cc2)CC1. The molecule has 1 aromatic heterocycles. The second kappa shape index (κ2) is 9.43. The van der Waals surface area contributed by atoms with Gasteiger partial charge in [-0.3, -0.25) is 9.69 Å². The van der Waals surface area contributed by atoms with Crippen molar-refractivity contribution in [1.29, 1.82) is 0 Å². The Kier molecular flexibility index (Phi) is 6.73. The minimum atomic E-state index is 0.171. The number of carbonyl (C=O) groups is 1. The summed E-state index contributed by atoms with van der Waals surface area (Å²) in [5.41, 5.74) is 2.17. The van der Waals surface area contributed by atoms with Crippen LogP contribution >= 0.6 is 0 Å². The van der Waals surface area contributed by atoms with Crippen LogP contribution in [0.3, 0.4) is 0 Å². The fraction of sp³-hybridized carbons (Fsp3) is 0.450. The maximum Gasteiger partial charge on any atom is 0.236 e. The van der Waals surface area contributed by atoms with Gasteiger partial charge in [-0.1, -0.05) is 6.92 Å². The van der Waals surface area contributed by atoms with Crippen molar-refractivity contribution in [2.24, 2.45) is 0 Å². The average molecular weight is 369 g/mol. The summed E-state index contributed by atoms with van der Waals surface area (Å²) in [6.45, 7) is 6.90. The molecule has 0 saturated carbocycles. The molecule has 3 rings (SSSR count). The van der Waals surface area contributed by atoms with Gasteiger partial charge in [0.15, 0.2) is 5.82 Å². The number of likely N-dealkylation sites (N-methyl/N-ethyl adjacent to an activating group) is 1. The molecular weight excluding hydrogens is 342 g/mol. The summed E-state index contributed by atoms with van der Waals surface area (Å²) < 4.78 is 5.14. The topological polar surface area (TPSA) is 61.8 Å². The minimum Gasteiger partial charge on any atom is -0.369 e. The standard InChI is InChI=1S/C20H27N5O2/c1-3-23(16-27-2)15-19(26)25-13-11-24(12-14-25)18-7-5-17(6-8-18)20-21-9-4-10-22-20/h4-10H,3,11-16H2,1-2H3. The van der Waals surface area contributed by atoms with Crippen LogP contribution in [-0.4, -0.2) is 78.8 Å². The first kappa shape index (κ1) is 19.3. The van der Waals surface area contributed by atoms with Crippen LogP contribution in [0.5, 0.6) is 0 Å². The molecule has 0 N–H and O–H groups in total. The summed E-state index contributed by atoms with van der Waals surface area (Å²) in [6.07, 6.45) is 3.50. The van der Waals surface area contributed by atoms with E-state index in [-0.39, 0.29) is 5.91 Å². The van der Waals surface area contributed by atoms with Crippen molar-refractivity contribution in [3.05, 3.63) is 42.7 Å². The van der Waals surface area contributed by atoms with E-state index in [4.69, 9.17) is 4.74 Å². The number of hydrogen-bond acceptors (Lipinski definition) is 6. The highest BCUT2D eigenvalue weighted by atomic mass is 16.5. The van der Waals surface area contributed by atoms with E-state index in [1.54, 1.807) is 19.5 Å². The van der Waals surface area contributed by atoms with E-state index in [1.807, 2.05) is 34.9 Å². The molecule has 2 aromatic rings. The number of ether oxygens (including phenoxy) is 1. The van der Waals surface area contributed by atoms with Gasteiger partial charge in [-0.15, -0.1) is 0 Å². The summed E-state index contributed by atoms with van der Waals surface area (Å²) in [7, 11) is 1.65. The van der Waals surface area contributed by atoms with Crippen LogP contribution < -0.4 is 4.90 Å². The van der Waals surface area contributed by atoms with E-state index in [0.717, 1.165) is 49.8 Å². The smallest absolute Gasteiger partial charge is 0.236 e. The molecule has 1 aliphatic rings. The number of nitrogens with zero attached hydrogens (tertiary/aromatic N) is 5. The van der Waals surface area contributed by atoms with E-state index in [0.29, 0.717) is 13.3 Å². The molecule has 27 heavy (non-hydrogen) atoms. The van der Waals surface area contributed by atoms with E-state index < -0.39 is 0 Å². The van der Waals surface area contributed by atoms with Crippen molar-refractivity contribution in [2.45, 2.75) is 6.92 Å². The van der Waals surface area contributed by atoms with Gasteiger partial charge in [0, 0.05) is 56.9 Å². The van der Waals surface area contributed by atoms with E-state index in [9.17, 15) is 4.79 Å². The molecule has 1 fully saturated rings. The van der Waals surface area contributed by atoms with Gasteiger partial charge >= 0.3 is 0 Å². The fourth-order valence-electron chi connectivity index (χ4n) is 3.21. The van der Waals surface area contributed by atoms with Crippen LogP contribution in [0.4, 0.5) is 5.69 Å². The molecule has 1 amide bonds. The third kappa shape index (κ3) is 5.02. The third-order valence-corrected chi connectivity index (χ3v) is 4.81. The van der Waals surface area contributed by atoms with Crippen LogP contribution in [0.2, 0.25) is 0 Å². The number of piperazine rings is 1. The first-order chi connectivity index (χ1) is 13.2. The van der Waals surface area contributed by atoms with Crippen LogP contribution in [0, 0.1) is 0 Å². The van der Waals surface area contributed by atoms with Crippen LogP contribution in [0.15, 0.2) is 42.7 Å². The molecule has 7 nitrogen and oxygen atoms in total. The second-order valence-corrected chi connectivity index (χ2v) is 6.55. The number of methoxy groups -OCH3 is 1. The first-order valence-corrected chi connectivity index (χ1v) is 9.32. The lowest BCUT2D eigenvalue weighted by molar-refractivity contribution is -0.133. The van der Waals surface area contributed by atoms with Crippen LogP contribution in [0.1, 0.15) is 6.92 Å². The van der Waals surface area contributed by atoms with E-state index in [2.05, 4.69) is 27.0 Å². The van der Waals surface area contributed by atoms with Gasteiger partial charge < -0.3 is 14.5 Å². The molecule has 1 saturated heterocycles. The number of amides is 1. The Morgan fingerprint density at radius 3 is 2.37 bits per heavy atom. The Hall–Kier alpha value is -2.51. The number of carbonyl (C=O) groups excluding carboxylic acids is 1. The van der Waals surface area contributed by atoms with Crippen molar-refractivity contribution in [2.75, 3.05) is 58.0 Å². The van der Waals surface area contributed by atoms with Gasteiger partial charge in [0.1, 0.15) is 0 Å². The number of rotatable bonds is 7. The summed E-state index contributed by atoms with van der Waals surface area (Å²) in [5, 5.41) is 0. The summed E-state index contributed by atoms with van der Waals surface area (Å²) in [5.74, 6) is 0.904. The third-order valence-electron chi connectivity index (χ3n) is 4.81. The molecule has 7 heteroatoms. The maximum absolute atomic E-state index is 12.5. The zero-order valence-corrected chi connectivity index (χ0v) is 16.0. The normalized spacial score (nSPS) is 14.6. The first-order valence-electron chi connectivity index (χ1n) is 9.32. The summed E-state index contributed by atoms with van der Waals surface area (Å²) in [4.78, 5) is 27.3. The number of hydrogen-bond donors (Lipinski definition) is 0. The van der Waals surface area contributed by atoms with E-state index in [1.165, 1.54) is 0 Å². The number of aromatic nitrogens is 2. The lowest BCUT2D eigenvalue weighted by Gasteiger charge is -2.37. The molecule has 1 aromatic carbocycles. The van der Waals surface area contributed by atoms with Crippen LogP contribution in [0.25, 0.3) is 11.4 Å². The highest BCUT2D eigenvalue weighted by molar-refractivity contribution is 5.78. The van der Waals surface area contributed by atoms with Crippen molar-refractivity contribution < 1.29 is 9.53 Å². The molecule has 0 atom stereocenters. The highest BCUT2D eigenvalue weighted by Crippen LogP contribution is 2.21. The van der Waals surface area contributed by atoms with Crippen molar-refractivity contribution >= 4 is 11.6 Å². The molecular formula is C20H27N5O2. The Balaban J connectivity index is 1.54. The lowest BCUT2D eigenvalue weighted by Crippen LogP contribution is -2.51. The van der Waals surface area contributed by atoms with Gasteiger partial charge in [0.25, 0.3) is 0 Å². The predicted octanol–water partition coefficient (Wildman–Crippen LogP) is 1.72. The largest absolute Gasteiger partial charge is 0.369 e. The number of benzene rings is 1. The molecule has 144 valence electrons. The quantitative estimate of drug-likeness (QED) is 0.693. The zero-order valence-electron chi connectivity index (χ0n) is 16.0. The molecule has 0 unspecified atom stereocenters. The number of anilines is 1. The molecule has 0 radical (unpaired) electrons. The molecule has 0 aliphatic carbocycles. The Morgan fingerprint density at radius 1 is 1.11 bits per heavy atom. The monoisotopic (exact) mass is 369 g/mol. The minimum absolute atomic E-state index is 0.171. The van der Waals surface area contributed by atoms with Crippen molar-refractivity contribution in [3.63, 3.8) is 0 Å². The van der Waals surface area contributed by atoms with Gasteiger partial charge in [-0.05, 0) is 36.9 Å². The van der Waals surface area contributed by atoms with Gasteiger partial charge in [-0.25, -0.2) is 9.97 Å². The molecule has 0 spiro atoms. The van der Waals surface area contributed by atoms with Gasteiger partial charge in [-0.2, -0.15) is 0 Å². The van der Waals surface area contributed by atoms with Gasteiger partial charge in [0.2, 0.25) is 5.91 Å². The molecule has 2 heterocycles. The van der Waals surface area contributed by atoms with Crippen LogP contribution in [-0.2, 0) is 9.53 Å². The Morgan fingerprint density at radius 2 is 1.78 bits per heavy atom. The predicted molar refractivity (Wildman–Crippen MR) is 105 cm³/mol. The Bertz CT molecular complexity index is 715. The fourth-order valence-corrected chi connectivity index (χ4v) is 3.21. The zero-order chi connectivity index (χ0) is 19.1. The second-order valence-electron chi connectivity index (χ2n) is 6.55. The molecule has 0 bridgehead atoms. The van der Waals surface area contributed by atoms with Crippen molar-refractivity contribution in [1.82, 2.24) is 19.8 Å². The summed E-state index contributed by atoms with van der Waals surface area (Å²) in [6, 6.07) is 10.1. The molecule has 1 aliphatic heterocycles. The summed E-state index contributed by atoms with van der Waals surface area (Å²) >= 11 is 0.